The minimum Gasteiger partial charge on any atom is -0.482 e. The lowest BCUT2D eigenvalue weighted by molar-refractivity contribution is -0.118. The SMILES string of the molecule is Cc1ccc(C(=O)NN=Cc2ccc(OCC(=O)Nc3ccccc3F)c(Cl)c2)cc1. The number of benzene rings is 3. The number of carbonyl (C=O) groups is 2. The van der Waals surface area contributed by atoms with Gasteiger partial charge in [0.25, 0.3) is 11.8 Å². The molecule has 0 fully saturated rings. The Morgan fingerprint density at radius 2 is 1.84 bits per heavy atom. The summed E-state index contributed by atoms with van der Waals surface area (Å²) in [6, 6.07) is 17.8. The summed E-state index contributed by atoms with van der Waals surface area (Å²) in [6.07, 6.45) is 1.44. The van der Waals surface area contributed by atoms with Gasteiger partial charge in [-0.2, -0.15) is 5.10 Å². The first-order chi connectivity index (χ1) is 14.9. The topological polar surface area (TPSA) is 79.8 Å². The summed E-state index contributed by atoms with van der Waals surface area (Å²) in [7, 11) is 0. The Balaban J connectivity index is 1.52. The molecular weight excluding hydrogens is 421 g/mol. The molecule has 3 rings (SSSR count). The fourth-order valence-corrected chi connectivity index (χ4v) is 2.79. The zero-order valence-corrected chi connectivity index (χ0v) is 17.3. The second-order valence-electron chi connectivity index (χ2n) is 6.57. The van der Waals surface area contributed by atoms with Crippen molar-refractivity contribution in [1.82, 2.24) is 5.43 Å². The van der Waals surface area contributed by atoms with Gasteiger partial charge in [-0.25, -0.2) is 9.82 Å². The van der Waals surface area contributed by atoms with E-state index in [1.807, 2.05) is 19.1 Å². The predicted molar refractivity (Wildman–Crippen MR) is 118 cm³/mol. The summed E-state index contributed by atoms with van der Waals surface area (Å²) in [6.45, 7) is 1.60. The summed E-state index contributed by atoms with van der Waals surface area (Å²) in [5.74, 6) is -1.10. The second kappa shape index (κ2) is 10.4. The average Bonchev–Trinajstić information content (AvgIpc) is 2.75. The lowest BCUT2D eigenvalue weighted by Crippen LogP contribution is -2.20. The van der Waals surface area contributed by atoms with E-state index in [1.165, 1.54) is 24.4 Å². The van der Waals surface area contributed by atoms with Crippen molar-refractivity contribution in [2.45, 2.75) is 6.92 Å². The van der Waals surface area contributed by atoms with Crippen LogP contribution < -0.4 is 15.5 Å². The van der Waals surface area contributed by atoms with Crippen molar-refractivity contribution in [3.63, 3.8) is 0 Å². The minimum absolute atomic E-state index is 0.0708. The molecule has 0 saturated heterocycles. The standard InChI is InChI=1S/C23H19ClFN3O3/c1-15-6-9-17(10-7-15)23(30)28-26-13-16-8-11-21(18(24)12-16)31-14-22(29)27-20-5-3-2-4-19(20)25/h2-13H,14H2,1H3,(H,27,29)(H,28,30). The second-order valence-corrected chi connectivity index (χ2v) is 6.98. The number of hydrazone groups is 1. The number of nitrogens with one attached hydrogen (secondary N) is 2. The molecule has 0 bridgehead atoms. The maximum absolute atomic E-state index is 13.6. The highest BCUT2D eigenvalue weighted by Crippen LogP contribution is 2.25. The van der Waals surface area contributed by atoms with E-state index in [0.717, 1.165) is 5.56 Å². The highest BCUT2D eigenvalue weighted by atomic mass is 35.5. The Bertz CT molecular complexity index is 1120. The van der Waals surface area contributed by atoms with Crippen LogP contribution in [0.4, 0.5) is 10.1 Å². The maximum Gasteiger partial charge on any atom is 0.271 e. The first kappa shape index (κ1) is 22.0. The molecule has 8 heteroatoms. The normalized spacial score (nSPS) is 10.7. The first-order valence-corrected chi connectivity index (χ1v) is 9.67. The molecule has 3 aromatic carbocycles. The Morgan fingerprint density at radius 1 is 1.10 bits per heavy atom. The summed E-state index contributed by atoms with van der Waals surface area (Å²) >= 11 is 6.18. The molecular formula is C23H19ClFN3O3. The molecule has 0 saturated carbocycles. The molecule has 31 heavy (non-hydrogen) atoms. The van der Waals surface area contributed by atoms with Gasteiger partial charge >= 0.3 is 0 Å². The number of anilines is 1. The monoisotopic (exact) mass is 439 g/mol. The van der Waals surface area contributed by atoms with Crippen molar-refractivity contribution in [2.75, 3.05) is 11.9 Å². The number of carbonyl (C=O) groups excluding carboxylic acids is 2. The molecule has 0 radical (unpaired) electrons. The molecule has 0 unspecified atom stereocenters. The summed E-state index contributed by atoms with van der Waals surface area (Å²) in [4.78, 5) is 24.0. The van der Waals surface area contributed by atoms with E-state index in [-0.39, 0.29) is 29.0 Å². The van der Waals surface area contributed by atoms with E-state index in [4.69, 9.17) is 16.3 Å². The van der Waals surface area contributed by atoms with E-state index in [9.17, 15) is 14.0 Å². The van der Waals surface area contributed by atoms with Crippen LogP contribution in [0, 0.1) is 12.7 Å². The minimum atomic E-state index is -0.535. The highest BCUT2D eigenvalue weighted by Gasteiger charge is 2.09. The van der Waals surface area contributed by atoms with Crippen LogP contribution in [0.5, 0.6) is 5.75 Å². The van der Waals surface area contributed by atoms with Crippen LogP contribution >= 0.6 is 11.6 Å². The van der Waals surface area contributed by atoms with Crippen LogP contribution in [0.15, 0.2) is 71.8 Å². The fraction of sp³-hybridized carbons (Fsp3) is 0.0870. The number of hydrogen-bond acceptors (Lipinski definition) is 4. The number of para-hydroxylation sites is 1. The molecule has 0 aliphatic rings. The quantitative estimate of drug-likeness (QED) is 0.418. The maximum atomic E-state index is 13.6. The van der Waals surface area contributed by atoms with E-state index in [2.05, 4.69) is 15.8 Å². The summed E-state index contributed by atoms with van der Waals surface area (Å²) in [5, 5.41) is 6.60. The lowest BCUT2D eigenvalue weighted by Gasteiger charge is -2.09. The van der Waals surface area contributed by atoms with Gasteiger partial charge in [0, 0.05) is 5.56 Å². The molecule has 0 spiro atoms. The van der Waals surface area contributed by atoms with Gasteiger partial charge in [-0.3, -0.25) is 9.59 Å². The largest absolute Gasteiger partial charge is 0.482 e. The van der Waals surface area contributed by atoms with Gasteiger partial charge in [0.1, 0.15) is 11.6 Å². The van der Waals surface area contributed by atoms with E-state index < -0.39 is 11.7 Å². The number of halogens is 2. The number of aryl methyl sites for hydroxylation is 1. The van der Waals surface area contributed by atoms with Gasteiger partial charge in [-0.15, -0.1) is 0 Å². The molecule has 0 aliphatic heterocycles. The Morgan fingerprint density at radius 3 is 2.55 bits per heavy atom. The van der Waals surface area contributed by atoms with Crippen LogP contribution in [-0.2, 0) is 4.79 Å². The zero-order valence-electron chi connectivity index (χ0n) is 16.6. The van der Waals surface area contributed by atoms with Crippen LogP contribution in [0.25, 0.3) is 0 Å². The van der Waals surface area contributed by atoms with Crippen LogP contribution in [0.3, 0.4) is 0 Å². The predicted octanol–water partition coefficient (Wildman–Crippen LogP) is 4.57. The lowest BCUT2D eigenvalue weighted by atomic mass is 10.1. The molecule has 158 valence electrons. The van der Waals surface area contributed by atoms with Crippen LogP contribution in [0.2, 0.25) is 5.02 Å². The average molecular weight is 440 g/mol. The first-order valence-electron chi connectivity index (χ1n) is 9.29. The number of amides is 2. The third-order valence-electron chi connectivity index (χ3n) is 4.16. The number of ether oxygens (including phenoxy) is 1. The van der Waals surface area contributed by atoms with Gasteiger partial charge in [-0.1, -0.05) is 41.4 Å². The molecule has 0 heterocycles. The molecule has 0 aromatic heterocycles. The van der Waals surface area contributed by atoms with Crippen molar-refractivity contribution in [2.24, 2.45) is 5.10 Å². The van der Waals surface area contributed by atoms with E-state index in [1.54, 1.807) is 36.4 Å². The molecule has 0 aliphatic carbocycles. The van der Waals surface area contributed by atoms with Crippen LogP contribution in [0.1, 0.15) is 21.5 Å². The van der Waals surface area contributed by atoms with Gasteiger partial charge < -0.3 is 10.1 Å². The highest BCUT2D eigenvalue weighted by molar-refractivity contribution is 6.32. The van der Waals surface area contributed by atoms with Crippen molar-refractivity contribution in [3.8, 4) is 5.75 Å². The van der Waals surface area contributed by atoms with Gasteiger partial charge in [0.15, 0.2) is 6.61 Å². The molecule has 6 nitrogen and oxygen atoms in total. The molecule has 3 aromatic rings. The van der Waals surface area contributed by atoms with Crippen molar-refractivity contribution in [1.29, 1.82) is 0 Å². The number of rotatable bonds is 7. The Kier molecular flexibility index (Phi) is 7.35. The third-order valence-corrected chi connectivity index (χ3v) is 4.45. The third kappa shape index (κ3) is 6.38. The molecule has 2 amide bonds. The van der Waals surface area contributed by atoms with Crippen LogP contribution in [-0.4, -0.2) is 24.6 Å². The van der Waals surface area contributed by atoms with Gasteiger partial charge in [0.2, 0.25) is 0 Å². The zero-order chi connectivity index (χ0) is 22.2. The fourth-order valence-electron chi connectivity index (χ4n) is 2.54. The van der Waals surface area contributed by atoms with Crippen molar-refractivity contribution in [3.05, 3.63) is 94.3 Å². The Labute approximate surface area is 183 Å². The number of nitrogens with zero attached hydrogens (tertiary/aromatic N) is 1. The van der Waals surface area contributed by atoms with Crippen molar-refractivity contribution < 1.29 is 18.7 Å². The van der Waals surface area contributed by atoms with E-state index >= 15 is 0 Å². The summed E-state index contributed by atoms with van der Waals surface area (Å²) in [5.41, 5.74) is 4.69. The summed E-state index contributed by atoms with van der Waals surface area (Å²) < 4.78 is 19.0. The smallest absolute Gasteiger partial charge is 0.271 e. The van der Waals surface area contributed by atoms with Crippen molar-refractivity contribution >= 4 is 35.3 Å². The van der Waals surface area contributed by atoms with Gasteiger partial charge in [0.05, 0.1) is 16.9 Å². The number of hydrogen-bond donors (Lipinski definition) is 2. The Hall–Kier alpha value is -3.71. The van der Waals surface area contributed by atoms with E-state index in [0.29, 0.717) is 11.1 Å². The van der Waals surface area contributed by atoms with Gasteiger partial charge in [-0.05, 0) is 55.0 Å². The molecule has 0 atom stereocenters. The molecule has 2 N–H and O–H groups in total.